The Morgan fingerprint density at radius 2 is 2.25 bits per heavy atom. The Hall–Kier alpha value is -0.890. The zero-order valence-electron chi connectivity index (χ0n) is 7.21. The molecule has 1 aromatic heterocycles. The van der Waals surface area contributed by atoms with Crippen molar-refractivity contribution >= 4 is 17.7 Å². The third-order valence-corrected chi connectivity index (χ3v) is 1.54. The molecule has 0 unspecified atom stereocenters. The predicted molar refractivity (Wildman–Crippen MR) is 51.1 cm³/mol. The highest BCUT2D eigenvalue weighted by molar-refractivity contribution is 6.29. The normalized spacial score (nSPS) is 10.9. The highest BCUT2D eigenvalue weighted by Crippen LogP contribution is 2.08. The zero-order valence-corrected chi connectivity index (χ0v) is 7.97. The molecule has 0 aliphatic carbocycles. The first-order valence-electron chi connectivity index (χ1n) is 3.90. The highest BCUT2D eigenvalue weighted by Gasteiger charge is 1.94. The minimum absolute atomic E-state index is 0.498. The van der Waals surface area contributed by atoms with E-state index in [9.17, 15) is 0 Å². The Bertz CT molecular complexity index is 274. The number of hydrogen-bond donors (Lipinski definition) is 0. The van der Waals surface area contributed by atoms with Crippen LogP contribution < -0.4 is 0 Å². The van der Waals surface area contributed by atoms with Crippen molar-refractivity contribution in [2.24, 2.45) is 0 Å². The summed E-state index contributed by atoms with van der Waals surface area (Å²) in [6, 6.07) is 1.75. The van der Waals surface area contributed by atoms with Gasteiger partial charge in [-0.3, -0.25) is 0 Å². The van der Waals surface area contributed by atoms with Crippen LogP contribution in [0.3, 0.4) is 0 Å². The number of rotatable bonds is 2. The molecule has 0 aliphatic heterocycles. The molecule has 12 heavy (non-hydrogen) atoms. The van der Waals surface area contributed by atoms with Crippen molar-refractivity contribution in [1.29, 1.82) is 0 Å². The van der Waals surface area contributed by atoms with Gasteiger partial charge in [-0.25, -0.2) is 9.97 Å². The topological polar surface area (TPSA) is 25.8 Å². The average Bonchev–Trinajstić information content (AvgIpc) is 1.99. The van der Waals surface area contributed by atoms with Gasteiger partial charge in [0, 0.05) is 6.07 Å². The van der Waals surface area contributed by atoms with Crippen LogP contribution in [0, 0.1) is 6.92 Å². The fourth-order valence-corrected chi connectivity index (χ4v) is 1.11. The summed E-state index contributed by atoms with van der Waals surface area (Å²) < 4.78 is 0. The smallest absolute Gasteiger partial charge is 0.133 e. The molecule has 1 rings (SSSR count). The van der Waals surface area contributed by atoms with Gasteiger partial charge in [0.15, 0.2) is 0 Å². The summed E-state index contributed by atoms with van der Waals surface area (Å²) in [5.74, 6) is 0.707. The largest absolute Gasteiger partial charge is 0.234 e. The van der Waals surface area contributed by atoms with E-state index in [1.165, 1.54) is 0 Å². The van der Waals surface area contributed by atoms with Crippen molar-refractivity contribution in [2.75, 3.05) is 0 Å². The lowest BCUT2D eigenvalue weighted by molar-refractivity contribution is 1.04. The Kier molecular flexibility index (Phi) is 3.23. The van der Waals surface area contributed by atoms with Gasteiger partial charge in [-0.2, -0.15) is 0 Å². The summed E-state index contributed by atoms with van der Waals surface area (Å²) in [6.45, 7) is 3.90. The fraction of sp³-hybridized carbons (Fsp3) is 0.333. The Morgan fingerprint density at radius 1 is 1.50 bits per heavy atom. The van der Waals surface area contributed by atoms with Crippen LogP contribution >= 0.6 is 11.6 Å². The lowest BCUT2D eigenvalue weighted by Gasteiger charge is -1.95. The molecule has 0 radical (unpaired) electrons. The lowest BCUT2D eigenvalue weighted by atomic mass is 10.3. The summed E-state index contributed by atoms with van der Waals surface area (Å²) in [6.07, 6.45) is 4.99. The van der Waals surface area contributed by atoms with Crippen LogP contribution in [0.25, 0.3) is 6.08 Å². The molecule has 0 saturated heterocycles. The Labute approximate surface area is 77.3 Å². The fourth-order valence-electron chi connectivity index (χ4n) is 0.877. The van der Waals surface area contributed by atoms with Crippen molar-refractivity contribution < 1.29 is 0 Å². The molecule has 1 heterocycles. The zero-order chi connectivity index (χ0) is 8.97. The van der Waals surface area contributed by atoms with E-state index in [0.717, 1.165) is 12.1 Å². The SMILES string of the molecule is CC/C=C/c1cc(Cl)nc(C)n1. The maximum atomic E-state index is 5.74. The van der Waals surface area contributed by atoms with Crippen molar-refractivity contribution in [3.63, 3.8) is 0 Å². The first kappa shape index (κ1) is 9.20. The Morgan fingerprint density at radius 3 is 2.83 bits per heavy atom. The van der Waals surface area contributed by atoms with E-state index in [4.69, 9.17) is 11.6 Å². The van der Waals surface area contributed by atoms with Crippen LogP contribution in [0.5, 0.6) is 0 Å². The van der Waals surface area contributed by atoms with E-state index in [1.54, 1.807) is 6.07 Å². The van der Waals surface area contributed by atoms with Gasteiger partial charge in [-0.1, -0.05) is 24.6 Å². The van der Waals surface area contributed by atoms with Crippen LogP contribution in [0.1, 0.15) is 24.9 Å². The molecule has 0 atom stereocenters. The van der Waals surface area contributed by atoms with Crippen LogP contribution in [0.2, 0.25) is 5.15 Å². The van der Waals surface area contributed by atoms with Gasteiger partial charge < -0.3 is 0 Å². The minimum atomic E-state index is 0.498. The summed E-state index contributed by atoms with van der Waals surface area (Å²) in [7, 11) is 0. The number of aromatic nitrogens is 2. The first-order valence-corrected chi connectivity index (χ1v) is 4.28. The van der Waals surface area contributed by atoms with Crippen molar-refractivity contribution in [1.82, 2.24) is 9.97 Å². The molecule has 0 N–H and O–H groups in total. The maximum absolute atomic E-state index is 5.74. The monoisotopic (exact) mass is 182 g/mol. The highest BCUT2D eigenvalue weighted by atomic mass is 35.5. The van der Waals surface area contributed by atoms with E-state index in [0.29, 0.717) is 11.0 Å². The molecular weight excluding hydrogens is 172 g/mol. The van der Waals surface area contributed by atoms with E-state index in [-0.39, 0.29) is 0 Å². The first-order chi connectivity index (χ1) is 5.72. The molecule has 0 fully saturated rings. The summed E-state index contributed by atoms with van der Waals surface area (Å²) in [5, 5.41) is 0.498. The van der Waals surface area contributed by atoms with Gasteiger partial charge in [0.2, 0.25) is 0 Å². The third-order valence-electron chi connectivity index (χ3n) is 1.35. The number of aryl methyl sites for hydroxylation is 1. The standard InChI is InChI=1S/C9H11ClN2/c1-3-4-5-8-6-9(10)12-7(2)11-8/h4-6H,3H2,1-2H3/b5-4+. The van der Waals surface area contributed by atoms with E-state index in [2.05, 4.69) is 16.9 Å². The van der Waals surface area contributed by atoms with E-state index >= 15 is 0 Å². The van der Waals surface area contributed by atoms with Gasteiger partial charge in [0.1, 0.15) is 11.0 Å². The number of hydrogen-bond acceptors (Lipinski definition) is 2. The van der Waals surface area contributed by atoms with Crippen LogP contribution in [0.15, 0.2) is 12.1 Å². The van der Waals surface area contributed by atoms with Gasteiger partial charge in [0.25, 0.3) is 0 Å². The van der Waals surface area contributed by atoms with Crippen molar-refractivity contribution in [2.45, 2.75) is 20.3 Å². The molecule has 0 bridgehead atoms. The number of nitrogens with zero attached hydrogens (tertiary/aromatic N) is 2. The molecule has 64 valence electrons. The third kappa shape index (κ3) is 2.62. The van der Waals surface area contributed by atoms with Gasteiger partial charge in [0.05, 0.1) is 5.69 Å². The molecule has 1 aromatic rings. The Balaban J connectivity index is 2.93. The molecule has 3 heteroatoms. The maximum Gasteiger partial charge on any atom is 0.133 e. The lowest BCUT2D eigenvalue weighted by Crippen LogP contribution is -1.90. The quantitative estimate of drug-likeness (QED) is 0.658. The predicted octanol–water partition coefficient (Wildman–Crippen LogP) is 2.86. The van der Waals surface area contributed by atoms with Gasteiger partial charge in [-0.15, -0.1) is 0 Å². The molecule has 0 aromatic carbocycles. The molecule has 0 spiro atoms. The number of allylic oxidation sites excluding steroid dienone is 1. The van der Waals surface area contributed by atoms with Crippen molar-refractivity contribution in [3.05, 3.63) is 28.8 Å². The second-order valence-corrected chi connectivity index (χ2v) is 2.86. The molecule has 0 amide bonds. The van der Waals surface area contributed by atoms with Crippen LogP contribution in [-0.2, 0) is 0 Å². The molecule has 2 nitrogen and oxygen atoms in total. The van der Waals surface area contributed by atoms with Gasteiger partial charge in [-0.05, 0) is 19.4 Å². The second kappa shape index (κ2) is 4.21. The minimum Gasteiger partial charge on any atom is -0.234 e. The van der Waals surface area contributed by atoms with Crippen LogP contribution in [-0.4, -0.2) is 9.97 Å². The van der Waals surface area contributed by atoms with Crippen LogP contribution in [0.4, 0.5) is 0 Å². The molecular formula is C9H11ClN2. The molecule has 0 aliphatic rings. The molecule has 0 saturated carbocycles. The van der Waals surface area contributed by atoms with E-state index in [1.807, 2.05) is 19.1 Å². The second-order valence-electron chi connectivity index (χ2n) is 2.47. The summed E-state index contributed by atoms with van der Waals surface area (Å²) in [5.41, 5.74) is 0.870. The number of halogens is 1. The summed E-state index contributed by atoms with van der Waals surface area (Å²) >= 11 is 5.74. The average molecular weight is 183 g/mol. The summed E-state index contributed by atoms with van der Waals surface area (Å²) in [4.78, 5) is 8.15. The van der Waals surface area contributed by atoms with Gasteiger partial charge >= 0.3 is 0 Å². The van der Waals surface area contributed by atoms with E-state index < -0.39 is 0 Å². The van der Waals surface area contributed by atoms with Crippen molar-refractivity contribution in [3.8, 4) is 0 Å².